The number of para-hydroxylation sites is 1. The molecule has 2 heterocycles. The average molecular weight is 502 g/mol. The number of hydrogen-bond acceptors (Lipinski definition) is 5. The lowest BCUT2D eigenvalue weighted by atomic mass is 9.72. The van der Waals surface area contributed by atoms with Gasteiger partial charge in [-0.2, -0.15) is 0 Å². The Morgan fingerprint density at radius 2 is 1.83 bits per heavy atom. The molecule has 0 radical (unpaired) electrons. The van der Waals surface area contributed by atoms with Crippen molar-refractivity contribution in [3.8, 4) is 11.5 Å². The Morgan fingerprint density at radius 3 is 2.56 bits per heavy atom. The maximum atomic E-state index is 12.9. The van der Waals surface area contributed by atoms with Crippen LogP contribution in [0.1, 0.15) is 49.9 Å². The number of aromatic amines is 1. The summed E-state index contributed by atoms with van der Waals surface area (Å²) in [5, 5.41) is 3.65. The molecule has 1 aliphatic carbocycles. The maximum Gasteiger partial charge on any atom is 0.259 e. The molecule has 2 aromatic heterocycles. The lowest BCUT2D eigenvalue weighted by Crippen LogP contribution is -2.26. The van der Waals surface area contributed by atoms with Gasteiger partial charge in [-0.25, -0.2) is 4.98 Å². The summed E-state index contributed by atoms with van der Waals surface area (Å²) in [4.78, 5) is 35.2. The van der Waals surface area contributed by atoms with E-state index in [1.165, 1.54) is 10.4 Å². The number of hydrogen-bond donors (Lipinski definition) is 2. The van der Waals surface area contributed by atoms with E-state index in [-0.39, 0.29) is 23.3 Å². The highest BCUT2D eigenvalue weighted by Gasteiger charge is 2.31. The summed E-state index contributed by atoms with van der Waals surface area (Å²) in [6.07, 6.45) is 3.64. The lowest BCUT2D eigenvalue weighted by molar-refractivity contribution is -0.116. The molecule has 0 spiro atoms. The normalized spacial score (nSPS) is 15.5. The van der Waals surface area contributed by atoms with Gasteiger partial charge in [0.05, 0.1) is 5.39 Å². The Balaban J connectivity index is 1.21. The Kier molecular flexibility index (Phi) is 6.67. The standard InChI is InChI=1S/C29H31N3O3S/c1-29(2,3)18-9-14-22-23(17-18)36-28-26(22)27(34)31-24(32-28)15-16-25(33)30-19-10-12-21(13-11-19)35-20-7-5-4-6-8-20/h4-8,10-13,18H,9,14-17H2,1-3H3,(H,30,33)(H,31,32,34)/t18-/m1/s1. The number of H-pyrrole nitrogens is 1. The summed E-state index contributed by atoms with van der Waals surface area (Å²) in [6, 6.07) is 16.8. The molecule has 0 aliphatic heterocycles. The summed E-state index contributed by atoms with van der Waals surface area (Å²) >= 11 is 1.64. The molecule has 1 atom stereocenters. The number of carbonyl (C=O) groups is 1. The van der Waals surface area contributed by atoms with Gasteiger partial charge in [0, 0.05) is 23.4 Å². The topological polar surface area (TPSA) is 84.1 Å². The summed E-state index contributed by atoms with van der Waals surface area (Å²) in [7, 11) is 0. The van der Waals surface area contributed by atoms with Gasteiger partial charge in [-0.05, 0) is 72.6 Å². The largest absolute Gasteiger partial charge is 0.457 e. The Hall–Kier alpha value is -3.45. The average Bonchev–Trinajstić information content (AvgIpc) is 3.22. The number of thiophene rings is 1. The molecule has 1 amide bonds. The molecule has 0 bridgehead atoms. The zero-order chi connectivity index (χ0) is 25.3. The number of nitrogens with zero attached hydrogens (tertiary/aromatic N) is 1. The van der Waals surface area contributed by atoms with Gasteiger partial charge in [-0.3, -0.25) is 9.59 Å². The monoisotopic (exact) mass is 501 g/mol. The Morgan fingerprint density at radius 1 is 1.11 bits per heavy atom. The van der Waals surface area contributed by atoms with Crippen LogP contribution in [-0.4, -0.2) is 15.9 Å². The maximum absolute atomic E-state index is 12.9. The number of benzene rings is 2. The summed E-state index contributed by atoms with van der Waals surface area (Å²) in [5.41, 5.74) is 2.03. The highest BCUT2D eigenvalue weighted by molar-refractivity contribution is 7.18. The van der Waals surface area contributed by atoms with E-state index in [4.69, 9.17) is 9.72 Å². The first-order chi connectivity index (χ1) is 17.3. The molecular formula is C29H31N3O3S. The number of fused-ring (bicyclic) bond motifs is 3. The SMILES string of the molecule is CC(C)(C)[C@@H]1CCc2c(sc3nc(CCC(=O)Nc4ccc(Oc5ccccc5)cc4)[nH]c(=O)c23)C1. The van der Waals surface area contributed by atoms with Crippen LogP contribution >= 0.6 is 11.3 Å². The Labute approximate surface area is 214 Å². The molecule has 7 heteroatoms. The minimum absolute atomic E-state index is 0.0869. The number of aromatic nitrogens is 2. The predicted octanol–water partition coefficient (Wildman–Crippen LogP) is 6.50. The highest BCUT2D eigenvalue weighted by Crippen LogP contribution is 2.42. The number of anilines is 1. The van der Waals surface area contributed by atoms with Crippen molar-refractivity contribution >= 4 is 33.1 Å². The second-order valence-electron chi connectivity index (χ2n) is 10.5. The van der Waals surface area contributed by atoms with Gasteiger partial charge in [0.15, 0.2) is 0 Å². The fourth-order valence-corrected chi connectivity index (χ4v) is 6.09. The van der Waals surface area contributed by atoms with Gasteiger partial charge in [0.25, 0.3) is 5.56 Å². The van der Waals surface area contributed by atoms with Crippen molar-refractivity contribution in [2.24, 2.45) is 11.3 Å². The predicted molar refractivity (Wildman–Crippen MR) is 145 cm³/mol. The number of ether oxygens (including phenoxy) is 1. The van der Waals surface area contributed by atoms with Crippen LogP contribution in [0.25, 0.3) is 10.2 Å². The molecule has 0 saturated heterocycles. The van der Waals surface area contributed by atoms with Crippen LogP contribution in [0.15, 0.2) is 59.4 Å². The second-order valence-corrected chi connectivity index (χ2v) is 11.6. The second kappa shape index (κ2) is 9.90. The molecule has 186 valence electrons. The van der Waals surface area contributed by atoms with Crippen LogP contribution in [-0.2, 0) is 24.1 Å². The molecule has 2 N–H and O–H groups in total. The van der Waals surface area contributed by atoms with Crippen LogP contribution in [0.5, 0.6) is 11.5 Å². The minimum atomic E-state index is -0.132. The molecular weight excluding hydrogens is 470 g/mol. The first-order valence-electron chi connectivity index (χ1n) is 12.4. The minimum Gasteiger partial charge on any atom is -0.457 e. The molecule has 0 fully saturated rings. The van der Waals surface area contributed by atoms with Crippen LogP contribution in [0.3, 0.4) is 0 Å². The molecule has 36 heavy (non-hydrogen) atoms. The van der Waals surface area contributed by atoms with E-state index in [0.29, 0.717) is 29.6 Å². The molecule has 5 rings (SSSR count). The van der Waals surface area contributed by atoms with E-state index in [9.17, 15) is 9.59 Å². The Bertz CT molecular complexity index is 1430. The van der Waals surface area contributed by atoms with Gasteiger partial charge in [-0.1, -0.05) is 39.0 Å². The van der Waals surface area contributed by atoms with Crippen molar-refractivity contribution < 1.29 is 9.53 Å². The van der Waals surface area contributed by atoms with Gasteiger partial charge < -0.3 is 15.0 Å². The molecule has 0 saturated carbocycles. The van der Waals surface area contributed by atoms with Crippen molar-refractivity contribution in [2.75, 3.05) is 5.32 Å². The number of carbonyl (C=O) groups excluding carboxylic acids is 1. The van der Waals surface area contributed by atoms with E-state index in [0.717, 1.165) is 35.2 Å². The molecule has 2 aromatic carbocycles. The smallest absolute Gasteiger partial charge is 0.259 e. The van der Waals surface area contributed by atoms with Crippen LogP contribution < -0.4 is 15.6 Å². The third-order valence-electron chi connectivity index (χ3n) is 6.90. The van der Waals surface area contributed by atoms with Crippen molar-refractivity contribution in [3.05, 3.63) is 81.2 Å². The van der Waals surface area contributed by atoms with Crippen LogP contribution in [0.2, 0.25) is 0 Å². The number of nitrogens with one attached hydrogen (secondary N) is 2. The van der Waals surface area contributed by atoms with Crippen molar-refractivity contribution in [1.29, 1.82) is 0 Å². The zero-order valence-corrected chi connectivity index (χ0v) is 21.7. The van der Waals surface area contributed by atoms with E-state index in [1.54, 1.807) is 11.3 Å². The third-order valence-corrected chi connectivity index (χ3v) is 8.05. The van der Waals surface area contributed by atoms with Gasteiger partial charge in [-0.15, -0.1) is 11.3 Å². The summed E-state index contributed by atoms with van der Waals surface area (Å²) in [6.45, 7) is 6.87. The van der Waals surface area contributed by atoms with Crippen molar-refractivity contribution in [3.63, 3.8) is 0 Å². The number of aryl methyl sites for hydroxylation is 2. The lowest BCUT2D eigenvalue weighted by Gasteiger charge is -2.33. The first kappa shape index (κ1) is 24.3. The van der Waals surface area contributed by atoms with Gasteiger partial charge in [0.1, 0.15) is 22.2 Å². The third kappa shape index (κ3) is 5.36. The molecule has 0 unspecified atom stereocenters. The van der Waals surface area contributed by atoms with E-state index in [2.05, 4.69) is 31.1 Å². The fourth-order valence-electron chi connectivity index (χ4n) is 4.77. The van der Waals surface area contributed by atoms with Crippen molar-refractivity contribution in [2.45, 2.75) is 52.9 Å². The summed E-state index contributed by atoms with van der Waals surface area (Å²) < 4.78 is 5.79. The first-order valence-corrected chi connectivity index (χ1v) is 13.2. The van der Waals surface area contributed by atoms with Gasteiger partial charge >= 0.3 is 0 Å². The van der Waals surface area contributed by atoms with Crippen LogP contribution in [0.4, 0.5) is 5.69 Å². The highest BCUT2D eigenvalue weighted by atomic mass is 32.1. The number of rotatable bonds is 6. The van der Waals surface area contributed by atoms with Crippen LogP contribution in [0, 0.1) is 11.3 Å². The van der Waals surface area contributed by atoms with E-state index >= 15 is 0 Å². The van der Waals surface area contributed by atoms with Crippen molar-refractivity contribution in [1.82, 2.24) is 9.97 Å². The van der Waals surface area contributed by atoms with E-state index in [1.807, 2.05) is 54.6 Å². The fraction of sp³-hybridized carbons (Fsp3) is 0.345. The zero-order valence-electron chi connectivity index (χ0n) is 20.9. The quantitative estimate of drug-likeness (QED) is 0.316. The molecule has 4 aromatic rings. The molecule has 6 nitrogen and oxygen atoms in total. The summed E-state index contributed by atoms with van der Waals surface area (Å²) in [5.74, 6) is 2.49. The molecule has 1 aliphatic rings. The number of amides is 1. The van der Waals surface area contributed by atoms with Gasteiger partial charge in [0.2, 0.25) is 5.91 Å². The van der Waals surface area contributed by atoms with E-state index < -0.39 is 0 Å².